The summed E-state index contributed by atoms with van der Waals surface area (Å²) in [7, 11) is 0. The standard InChI is InChI=1S/C14H18N2O/c15-10-5-7-11(8-6-10)16-13-9-17-14-4-2-1-3-12(13)14/h1-4,9-11,16H,5-8,15H2. The van der Waals surface area contributed by atoms with E-state index in [9.17, 15) is 0 Å². The molecule has 3 N–H and O–H groups in total. The molecule has 0 bridgehead atoms. The zero-order valence-corrected chi connectivity index (χ0v) is 9.86. The summed E-state index contributed by atoms with van der Waals surface area (Å²) in [4.78, 5) is 0. The molecule has 2 aromatic rings. The second-order valence-corrected chi connectivity index (χ2v) is 4.90. The van der Waals surface area contributed by atoms with Crippen molar-refractivity contribution < 1.29 is 4.42 Å². The predicted molar refractivity (Wildman–Crippen MR) is 70.1 cm³/mol. The molecule has 0 aliphatic heterocycles. The SMILES string of the molecule is NC1CCC(Nc2coc3ccccc23)CC1. The third-order valence-corrected chi connectivity index (χ3v) is 3.61. The van der Waals surface area contributed by atoms with Crippen molar-refractivity contribution >= 4 is 16.7 Å². The van der Waals surface area contributed by atoms with Gasteiger partial charge in [-0.15, -0.1) is 0 Å². The van der Waals surface area contributed by atoms with Crippen molar-refractivity contribution in [2.24, 2.45) is 5.73 Å². The lowest BCUT2D eigenvalue weighted by molar-refractivity contribution is 0.411. The molecule has 0 saturated heterocycles. The molecule has 1 fully saturated rings. The zero-order valence-electron chi connectivity index (χ0n) is 9.86. The molecule has 1 aromatic heterocycles. The van der Waals surface area contributed by atoms with Gasteiger partial charge in [0.25, 0.3) is 0 Å². The van der Waals surface area contributed by atoms with E-state index in [0.717, 1.165) is 37.0 Å². The fraction of sp³-hybridized carbons (Fsp3) is 0.429. The Labute approximate surface area is 101 Å². The summed E-state index contributed by atoms with van der Waals surface area (Å²) >= 11 is 0. The molecule has 1 aliphatic carbocycles. The highest BCUT2D eigenvalue weighted by Gasteiger charge is 2.19. The summed E-state index contributed by atoms with van der Waals surface area (Å²) in [6.45, 7) is 0. The number of hydrogen-bond donors (Lipinski definition) is 2. The molecule has 1 aliphatic rings. The van der Waals surface area contributed by atoms with Crippen molar-refractivity contribution in [3.05, 3.63) is 30.5 Å². The third kappa shape index (κ3) is 2.15. The van der Waals surface area contributed by atoms with Gasteiger partial charge in [-0.05, 0) is 37.8 Å². The Morgan fingerprint density at radius 3 is 2.71 bits per heavy atom. The minimum Gasteiger partial charge on any atom is -0.462 e. The molecule has 0 unspecified atom stereocenters. The lowest BCUT2D eigenvalue weighted by atomic mass is 9.91. The van der Waals surface area contributed by atoms with Crippen LogP contribution in [0.2, 0.25) is 0 Å². The van der Waals surface area contributed by atoms with Gasteiger partial charge in [0, 0.05) is 17.5 Å². The maximum Gasteiger partial charge on any atom is 0.136 e. The first-order valence-electron chi connectivity index (χ1n) is 6.31. The van der Waals surface area contributed by atoms with Crippen molar-refractivity contribution in [2.75, 3.05) is 5.32 Å². The van der Waals surface area contributed by atoms with Gasteiger partial charge in [-0.2, -0.15) is 0 Å². The minimum absolute atomic E-state index is 0.397. The lowest BCUT2D eigenvalue weighted by Gasteiger charge is -2.27. The second-order valence-electron chi connectivity index (χ2n) is 4.90. The number of nitrogens with two attached hydrogens (primary N) is 1. The van der Waals surface area contributed by atoms with Crippen LogP contribution in [-0.2, 0) is 0 Å². The van der Waals surface area contributed by atoms with Gasteiger partial charge in [0.15, 0.2) is 0 Å². The molecule has 90 valence electrons. The van der Waals surface area contributed by atoms with Crippen LogP contribution in [0.5, 0.6) is 0 Å². The Morgan fingerprint density at radius 1 is 1.12 bits per heavy atom. The Balaban J connectivity index is 1.76. The van der Waals surface area contributed by atoms with E-state index >= 15 is 0 Å². The monoisotopic (exact) mass is 230 g/mol. The molecule has 0 radical (unpaired) electrons. The maximum atomic E-state index is 5.91. The zero-order chi connectivity index (χ0) is 11.7. The van der Waals surface area contributed by atoms with Crippen molar-refractivity contribution in [2.45, 2.75) is 37.8 Å². The van der Waals surface area contributed by atoms with Gasteiger partial charge in [0.2, 0.25) is 0 Å². The van der Waals surface area contributed by atoms with Crippen LogP contribution in [0.3, 0.4) is 0 Å². The van der Waals surface area contributed by atoms with E-state index in [1.807, 2.05) is 24.5 Å². The Hall–Kier alpha value is -1.48. The molecule has 0 spiro atoms. The fourth-order valence-corrected chi connectivity index (χ4v) is 2.57. The van der Waals surface area contributed by atoms with Crippen molar-refractivity contribution in [3.8, 4) is 0 Å². The van der Waals surface area contributed by atoms with Gasteiger partial charge in [-0.3, -0.25) is 0 Å². The number of para-hydroxylation sites is 1. The summed E-state index contributed by atoms with van der Waals surface area (Å²) in [5.74, 6) is 0. The maximum absolute atomic E-state index is 5.91. The number of fused-ring (bicyclic) bond motifs is 1. The van der Waals surface area contributed by atoms with Crippen molar-refractivity contribution in [3.63, 3.8) is 0 Å². The second kappa shape index (κ2) is 4.41. The van der Waals surface area contributed by atoms with Crippen LogP contribution in [0.4, 0.5) is 5.69 Å². The van der Waals surface area contributed by atoms with Crippen LogP contribution < -0.4 is 11.1 Å². The van der Waals surface area contributed by atoms with Crippen LogP contribution in [0.15, 0.2) is 34.9 Å². The topological polar surface area (TPSA) is 51.2 Å². The lowest BCUT2D eigenvalue weighted by Crippen LogP contribution is -2.32. The van der Waals surface area contributed by atoms with Gasteiger partial charge < -0.3 is 15.5 Å². The molecule has 1 heterocycles. The van der Waals surface area contributed by atoms with Crippen LogP contribution in [-0.4, -0.2) is 12.1 Å². The molecule has 1 aromatic carbocycles. The highest BCUT2D eigenvalue weighted by Crippen LogP contribution is 2.28. The molecule has 17 heavy (non-hydrogen) atoms. The molecule has 0 amide bonds. The van der Waals surface area contributed by atoms with Gasteiger partial charge in [0.05, 0.1) is 5.69 Å². The fourth-order valence-electron chi connectivity index (χ4n) is 2.57. The van der Waals surface area contributed by atoms with Gasteiger partial charge >= 0.3 is 0 Å². The van der Waals surface area contributed by atoms with Crippen LogP contribution in [0, 0.1) is 0 Å². The number of furan rings is 1. The Kier molecular flexibility index (Phi) is 2.77. The van der Waals surface area contributed by atoms with Crippen molar-refractivity contribution in [1.82, 2.24) is 0 Å². The highest BCUT2D eigenvalue weighted by molar-refractivity contribution is 5.90. The van der Waals surface area contributed by atoms with E-state index < -0.39 is 0 Å². The summed E-state index contributed by atoms with van der Waals surface area (Å²) in [6.07, 6.45) is 6.36. The molecular weight excluding hydrogens is 212 g/mol. The average molecular weight is 230 g/mol. The largest absolute Gasteiger partial charge is 0.462 e. The van der Waals surface area contributed by atoms with E-state index in [-0.39, 0.29) is 0 Å². The molecular formula is C14H18N2O. The number of anilines is 1. The van der Waals surface area contributed by atoms with Crippen LogP contribution >= 0.6 is 0 Å². The minimum atomic E-state index is 0.397. The molecule has 0 atom stereocenters. The smallest absolute Gasteiger partial charge is 0.136 e. The third-order valence-electron chi connectivity index (χ3n) is 3.61. The van der Waals surface area contributed by atoms with E-state index in [4.69, 9.17) is 10.2 Å². The molecule has 3 nitrogen and oxygen atoms in total. The first-order valence-corrected chi connectivity index (χ1v) is 6.31. The molecule has 3 rings (SSSR count). The van der Waals surface area contributed by atoms with Gasteiger partial charge in [0.1, 0.15) is 11.8 Å². The quantitative estimate of drug-likeness (QED) is 0.833. The first kappa shape index (κ1) is 10.7. The number of benzene rings is 1. The van der Waals surface area contributed by atoms with E-state index in [1.54, 1.807) is 0 Å². The first-order chi connectivity index (χ1) is 8.33. The van der Waals surface area contributed by atoms with Crippen LogP contribution in [0.1, 0.15) is 25.7 Å². The normalized spacial score (nSPS) is 25.0. The average Bonchev–Trinajstić information content (AvgIpc) is 2.76. The van der Waals surface area contributed by atoms with Crippen molar-refractivity contribution in [1.29, 1.82) is 0 Å². The van der Waals surface area contributed by atoms with E-state index in [0.29, 0.717) is 12.1 Å². The number of hydrogen-bond acceptors (Lipinski definition) is 3. The van der Waals surface area contributed by atoms with Crippen LogP contribution in [0.25, 0.3) is 11.0 Å². The molecule has 3 heteroatoms. The Bertz CT molecular complexity index is 498. The summed E-state index contributed by atoms with van der Waals surface area (Å²) in [5.41, 5.74) is 7.97. The van der Waals surface area contributed by atoms with Gasteiger partial charge in [-0.1, -0.05) is 12.1 Å². The van der Waals surface area contributed by atoms with Gasteiger partial charge in [-0.25, -0.2) is 0 Å². The summed E-state index contributed by atoms with van der Waals surface area (Å²) in [6, 6.07) is 9.06. The Morgan fingerprint density at radius 2 is 1.88 bits per heavy atom. The molecule has 1 saturated carbocycles. The van der Waals surface area contributed by atoms with E-state index in [1.165, 1.54) is 5.39 Å². The number of nitrogens with one attached hydrogen (secondary N) is 1. The summed E-state index contributed by atoms with van der Waals surface area (Å²) in [5, 5.41) is 4.74. The highest BCUT2D eigenvalue weighted by atomic mass is 16.3. The van der Waals surface area contributed by atoms with E-state index in [2.05, 4.69) is 11.4 Å². The predicted octanol–water partition coefficient (Wildman–Crippen LogP) is 3.11. The summed E-state index contributed by atoms with van der Waals surface area (Å²) < 4.78 is 5.52. The number of rotatable bonds is 2.